The van der Waals surface area contributed by atoms with E-state index in [1.54, 1.807) is 0 Å². The molecular formula is C16H20AlPS2. The summed E-state index contributed by atoms with van der Waals surface area (Å²) >= 11 is 0.655. The van der Waals surface area contributed by atoms with Crippen molar-refractivity contribution in [1.82, 2.24) is 0 Å². The van der Waals surface area contributed by atoms with Crippen LogP contribution >= 0.6 is 28.8 Å². The summed E-state index contributed by atoms with van der Waals surface area (Å²) in [5.74, 6) is 2.59. The predicted octanol–water partition coefficient (Wildman–Crippen LogP) is 4.61. The topological polar surface area (TPSA) is 0 Å². The summed E-state index contributed by atoms with van der Waals surface area (Å²) in [4.78, 5) is 0. The van der Waals surface area contributed by atoms with Gasteiger partial charge in [0.1, 0.15) is 0 Å². The van der Waals surface area contributed by atoms with Gasteiger partial charge in [0.15, 0.2) is 0 Å². The van der Waals surface area contributed by atoms with Crippen molar-refractivity contribution in [3.05, 3.63) is 60.7 Å². The number of hydrogen-bond donors (Lipinski definition) is 0. The second-order valence-corrected chi connectivity index (χ2v) is 11.4. The van der Waals surface area contributed by atoms with E-state index in [9.17, 15) is 0 Å². The first-order chi connectivity index (χ1) is 9.86. The molecule has 0 N–H and O–H groups in total. The molecular weight excluding hydrogens is 314 g/mol. The fourth-order valence-corrected chi connectivity index (χ4v) is 7.07. The van der Waals surface area contributed by atoms with Crippen LogP contribution in [0.4, 0.5) is 0 Å². The van der Waals surface area contributed by atoms with Gasteiger partial charge in [-0.1, -0.05) is 60.7 Å². The summed E-state index contributed by atoms with van der Waals surface area (Å²) < 4.78 is 0. The summed E-state index contributed by atoms with van der Waals surface area (Å²) in [6, 6.07) is 21.0. The molecule has 0 saturated carbocycles. The Kier molecular flexibility index (Phi) is 11.6. The zero-order chi connectivity index (χ0) is 14.5. The first-order valence-electron chi connectivity index (χ1n) is 6.73. The van der Waals surface area contributed by atoms with Crippen LogP contribution in [0.15, 0.2) is 60.7 Å². The smallest absolute Gasteiger partial charge is 0.0624 e. The van der Waals surface area contributed by atoms with Crippen LogP contribution in [-0.4, -0.2) is 24.5 Å². The summed E-state index contributed by atoms with van der Waals surface area (Å²) in [6.07, 6.45) is 0. The average molecular weight is 334 g/mol. The Balaban J connectivity index is 0.000000246. The van der Waals surface area contributed by atoms with Crippen molar-refractivity contribution in [2.45, 2.75) is 13.8 Å². The Morgan fingerprint density at radius 3 is 1.50 bits per heavy atom. The third-order valence-electron chi connectivity index (χ3n) is 2.24. The third-order valence-corrected chi connectivity index (χ3v) is 9.56. The van der Waals surface area contributed by atoms with Crippen LogP contribution in [0.3, 0.4) is 0 Å². The van der Waals surface area contributed by atoms with E-state index in [4.69, 9.17) is 0 Å². The van der Waals surface area contributed by atoms with Crippen molar-refractivity contribution in [2.24, 2.45) is 0 Å². The van der Waals surface area contributed by atoms with Gasteiger partial charge < -0.3 is 8.58 Å². The van der Waals surface area contributed by atoms with E-state index >= 15 is 0 Å². The zero-order valence-electron chi connectivity index (χ0n) is 12.0. The van der Waals surface area contributed by atoms with Gasteiger partial charge in [-0.25, -0.2) is 10.6 Å². The molecule has 0 saturated heterocycles. The minimum absolute atomic E-state index is 0.655. The van der Waals surface area contributed by atoms with Gasteiger partial charge in [0.25, 0.3) is 0 Å². The quantitative estimate of drug-likeness (QED) is 0.430. The second kappa shape index (κ2) is 12.8. The van der Waals surface area contributed by atoms with Gasteiger partial charge in [0.2, 0.25) is 0 Å². The molecule has 0 aliphatic heterocycles. The van der Waals surface area contributed by atoms with Gasteiger partial charge >= 0.3 is 58.6 Å². The minimum atomic E-state index is 0.655. The van der Waals surface area contributed by atoms with Crippen LogP contribution in [-0.2, 0) is 0 Å². The molecule has 0 nitrogen and oxygen atoms in total. The fraction of sp³-hybridized carbons (Fsp3) is 0.250. The maximum absolute atomic E-state index is 2.22. The molecule has 2 aromatic carbocycles. The van der Waals surface area contributed by atoms with Crippen LogP contribution in [0.25, 0.3) is 0 Å². The second-order valence-electron chi connectivity index (χ2n) is 3.79. The number of hydrogen-bond acceptors (Lipinski definition) is 2. The van der Waals surface area contributed by atoms with E-state index in [1.807, 2.05) is 12.1 Å². The van der Waals surface area contributed by atoms with Crippen molar-refractivity contribution in [1.29, 1.82) is 0 Å². The van der Waals surface area contributed by atoms with Gasteiger partial charge in [-0.3, -0.25) is 0 Å². The molecule has 0 fully saturated rings. The standard InChI is InChI=1S/C12H10P.2C2H6S.Al/c1-3-7-11(8-4-1)13-12-9-5-2-6-10-12;2*1-2-3;/h1-10H;2*3H,2H2,1H3;/q-1;;;+3/p-2. The van der Waals surface area contributed by atoms with Crippen molar-refractivity contribution in [3.8, 4) is 0 Å². The van der Waals surface area contributed by atoms with Crippen molar-refractivity contribution in [2.75, 3.05) is 11.5 Å². The molecule has 0 radical (unpaired) electrons. The maximum Gasteiger partial charge on any atom is -0.0624 e. The van der Waals surface area contributed by atoms with Crippen LogP contribution in [0.5, 0.6) is 0 Å². The average Bonchev–Trinajstić information content (AvgIpc) is 2.51. The summed E-state index contributed by atoms with van der Waals surface area (Å²) in [5, 5.41) is 2.68. The zero-order valence-corrected chi connectivity index (χ0v) is 15.7. The molecule has 0 aromatic heterocycles. The first-order valence-corrected chi connectivity index (χ1v) is 12.6. The molecule has 4 heteroatoms. The van der Waals surface area contributed by atoms with E-state index in [0.29, 0.717) is 13.0 Å². The van der Waals surface area contributed by atoms with Crippen molar-refractivity contribution >= 4 is 52.4 Å². The van der Waals surface area contributed by atoms with Crippen molar-refractivity contribution < 1.29 is 0 Å². The molecule has 2 aromatic rings. The van der Waals surface area contributed by atoms with E-state index in [-0.39, 0.29) is 0 Å². The molecule has 0 spiro atoms. The minimum Gasteiger partial charge on any atom is -0.472 e. The monoisotopic (exact) mass is 334 g/mol. The van der Waals surface area contributed by atoms with Crippen LogP contribution < -0.4 is 10.6 Å². The molecule has 0 aliphatic rings. The largest absolute Gasteiger partial charge is 0.472 e. The molecule has 0 bridgehead atoms. The Morgan fingerprint density at radius 1 is 0.750 bits per heavy atom. The van der Waals surface area contributed by atoms with E-state index in [1.165, 1.54) is 30.7 Å². The number of benzene rings is 2. The summed E-state index contributed by atoms with van der Waals surface area (Å²) in [5.41, 5.74) is 0. The van der Waals surface area contributed by atoms with Crippen LogP contribution in [0, 0.1) is 0 Å². The van der Waals surface area contributed by atoms with Gasteiger partial charge in [-0.2, -0.15) is 0 Å². The SMILES string of the molecule is CC[S][Al+][S]CC.c1ccc([P-]c2ccccc2)cc1. The van der Waals surface area contributed by atoms with E-state index in [0.717, 1.165) is 0 Å². The Hall–Kier alpha value is 0.102. The molecule has 0 amide bonds. The van der Waals surface area contributed by atoms with Gasteiger partial charge in [0.05, 0.1) is 0 Å². The van der Waals surface area contributed by atoms with Gasteiger partial charge in [-0.15, -0.1) is 0 Å². The Labute approximate surface area is 138 Å². The Bertz CT molecular complexity index is 395. The number of rotatable bonds is 6. The molecule has 0 atom stereocenters. The molecule has 104 valence electrons. The normalized spacial score (nSPS) is 9.30. The van der Waals surface area contributed by atoms with Crippen LogP contribution in [0.2, 0.25) is 0 Å². The van der Waals surface area contributed by atoms with E-state index < -0.39 is 0 Å². The maximum atomic E-state index is 2.22. The third kappa shape index (κ3) is 9.11. The van der Waals surface area contributed by atoms with Crippen molar-refractivity contribution in [3.63, 3.8) is 0 Å². The molecule has 0 unspecified atom stereocenters. The van der Waals surface area contributed by atoms with Gasteiger partial charge in [0, 0.05) is 0 Å². The van der Waals surface area contributed by atoms with E-state index in [2.05, 4.69) is 82.6 Å². The molecule has 2 rings (SSSR count). The molecule has 20 heavy (non-hydrogen) atoms. The van der Waals surface area contributed by atoms with Gasteiger partial charge in [-0.05, 0) is 0 Å². The molecule has 0 aliphatic carbocycles. The fourth-order valence-electron chi connectivity index (χ4n) is 1.34. The summed E-state index contributed by atoms with van der Waals surface area (Å²) in [6.45, 7) is 4.43. The Morgan fingerprint density at radius 2 is 1.15 bits per heavy atom. The predicted molar refractivity (Wildman–Crippen MR) is 101 cm³/mol. The molecule has 0 heterocycles. The first kappa shape index (κ1) is 18.2. The summed E-state index contributed by atoms with van der Waals surface area (Å²) in [7, 11) is 5.44. The van der Waals surface area contributed by atoms with Crippen LogP contribution in [0.1, 0.15) is 13.8 Å².